The molecule has 88 valence electrons. The van der Waals surface area contributed by atoms with Crippen molar-refractivity contribution in [1.82, 2.24) is 10.6 Å². The van der Waals surface area contributed by atoms with Crippen LogP contribution in [0.4, 0.5) is 0 Å². The van der Waals surface area contributed by atoms with E-state index in [2.05, 4.69) is 10.6 Å². The SMILES string of the molecule is O=S1(=O)CC(O)C(NC2CCNCC2)C1. The van der Waals surface area contributed by atoms with Crippen LogP contribution < -0.4 is 10.6 Å². The van der Waals surface area contributed by atoms with Gasteiger partial charge in [0, 0.05) is 12.1 Å². The zero-order valence-electron chi connectivity index (χ0n) is 8.65. The van der Waals surface area contributed by atoms with Gasteiger partial charge in [-0.05, 0) is 25.9 Å². The van der Waals surface area contributed by atoms with Crippen molar-refractivity contribution in [3.8, 4) is 0 Å². The molecule has 2 fully saturated rings. The molecule has 2 aliphatic heterocycles. The molecule has 0 radical (unpaired) electrons. The summed E-state index contributed by atoms with van der Waals surface area (Å²) in [7, 11) is -3.02. The van der Waals surface area contributed by atoms with Crippen LogP contribution in [0.1, 0.15) is 12.8 Å². The maximum atomic E-state index is 11.3. The van der Waals surface area contributed by atoms with Gasteiger partial charge in [-0.25, -0.2) is 8.42 Å². The summed E-state index contributed by atoms with van der Waals surface area (Å²) in [5.41, 5.74) is 0. The average molecular weight is 234 g/mol. The van der Waals surface area contributed by atoms with Crippen LogP contribution in [-0.2, 0) is 9.84 Å². The van der Waals surface area contributed by atoms with Gasteiger partial charge in [0.15, 0.2) is 9.84 Å². The summed E-state index contributed by atoms with van der Waals surface area (Å²) in [5.74, 6) is -0.00622. The van der Waals surface area contributed by atoms with Crippen molar-refractivity contribution in [2.45, 2.75) is 31.0 Å². The maximum absolute atomic E-state index is 11.3. The molecule has 0 aromatic carbocycles. The van der Waals surface area contributed by atoms with Gasteiger partial charge >= 0.3 is 0 Å². The largest absolute Gasteiger partial charge is 0.390 e. The molecule has 0 aromatic heterocycles. The fourth-order valence-corrected chi connectivity index (χ4v) is 4.03. The van der Waals surface area contributed by atoms with Crippen LogP contribution in [0.25, 0.3) is 0 Å². The van der Waals surface area contributed by atoms with E-state index in [1.54, 1.807) is 0 Å². The van der Waals surface area contributed by atoms with Crippen LogP contribution in [0.15, 0.2) is 0 Å². The summed E-state index contributed by atoms with van der Waals surface area (Å²) in [6, 6.07) is 0.0808. The van der Waals surface area contributed by atoms with Crippen LogP contribution in [0.5, 0.6) is 0 Å². The van der Waals surface area contributed by atoms with Gasteiger partial charge < -0.3 is 15.7 Å². The van der Waals surface area contributed by atoms with Crippen LogP contribution >= 0.6 is 0 Å². The predicted octanol–water partition coefficient (Wildman–Crippen LogP) is -1.51. The number of rotatable bonds is 2. The first-order valence-corrected chi connectivity index (χ1v) is 7.24. The van der Waals surface area contributed by atoms with Crippen LogP contribution in [0.3, 0.4) is 0 Å². The smallest absolute Gasteiger partial charge is 0.154 e. The lowest BCUT2D eigenvalue weighted by atomic mass is 10.0. The van der Waals surface area contributed by atoms with Crippen molar-refractivity contribution in [3.63, 3.8) is 0 Å². The fourth-order valence-electron chi connectivity index (χ4n) is 2.28. The molecule has 2 aliphatic rings. The molecule has 0 saturated carbocycles. The maximum Gasteiger partial charge on any atom is 0.154 e. The van der Waals surface area contributed by atoms with Crippen LogP contribution in [-0.4, -0.2) is 56.3 Å². The molecule has 2 heterocycles. The van der Waals surface area contributed by atoms with E-state index in [-0.39, 0.29) is 17.5 Å². The lowest BCUT2D eigenvalue weighted by Crippen LogP contribution is -2.48. The quantitative estimate of drug-likeness (QED) is 0.541. The van der Waals surface area contributed by atoms with Gasteiger partial charge in [-0.15, -0.1) is 0 Å². The second-order valence-electron chi connectivity index (χ2n) is 4.44. The van der Waals surface area contributed by atoms with E-state index in [1.165, 1.54) is 0 Å². The van der Waals surface area contributed by atoms with Gasteiger partial charge in [0.1, 0.15) is 0 Å². The molecule has 0 bridgehead atoms. The zero-order valence-corrected chi connectivity index (χ0v) is 9.46. The summed E-state index contributed by atoms with van der Waals surface area (Å²) in [5, 5.41) is 16.1. The summed E-state index contributed by atoms with van der Waals surface area (Å²) in [6.45, 7) is 1.93. The first kappa shape index (κ1) is 11.3. The Morgan fingerprint density at radius 2 is 1.87 bits per heavy atom. The Labute approximate surface area is 90.2 Å². The average Bonchev–Trinajstić information content (AvgIpc) is 2.41. The Kier molecular flexibility index (Phi) is 3.30. The predicted molar refractivity (Wildman–Crippen MR) is 57.5 cm³/mol. The van der Waals surface area contributed by atoms with Gasteiger partial charge in [-0.1, -0.05) is 0 Å². The Bertz CT molecular complexity index is 311. The minimum absolute atomic E-state index is 0.0814. The molecule has 3 N–H and O–H groups in total. The summed E-state index contributed by atoms with van der Waals surface area (Å²) in [4.78, 5) is 0. The van der Waals surface area contributed by atoms with Crippen molar-refractivity contribution >= 4 is 9.84 Å². The molecule has 0 spiro atoms. The lowest BCUT2D eigenvalue weighted by molar-refractivity contribution is 0.154. The molecule has 2 atom stereocenters. The number of aliphatic hydroxyl groups is 1. The number of sulfone groups is 1. The molecule has 2 unspecified atom stereocenters. The molecule has 2 rings (SSSR count). The fraction of sp³-hybridized carbons (Fsp3) is 1.00. The number of nitrogens with one attached hydrogen (secondary N) is 2. The Hall–Kier alpha value is -0.170. The summed E-state index contributed by atoms with van der Waals surface area (Å²) >= 11 is 0. The van der Waals surface area contributed by atoms with Crippen molar-refractivity contribution in [2.24, 2.45) is 0 Å². The number of hydrogen-bond donors (Lipinski definition) is 3. The first-order valence-electron chi connectivity index (χ1n) is 5.42. The molecule has 0 amide bonds. The van der Waals surface area contributed by atoms with Gasteiger partial charge in [0.05, 0.1) is 17.6 Å². The van der Waals surface area contributed by atoms with Crippen molar-refractivity contribution in [2.75, 3.05) is 24.6 Å². The second-order valence-corrected chi connectivity index (χ2v) is 6.60. The Morgan fingerprint density at radius 1 is 1.20 bits per heavy atom. The van der Waals surface area contributed by atoms with Crippen LogP contribution in [0, 0.1) is 0 Å². The van der Waals surface area contributed by atoms with E-state index in [4.69, 9.17) is 0 Å². The summed E-state index contributed by atoms with van der Waals surface area (Å²) in [6.07, 6.45) is 1.27. The standard InChI is InChI=1S/C9H18N2O3S/c12-9-6-15(13,14)5-8(9)11-7-1-3-10-4-2-7/h7-12H,1-6H2. The molecule has 6 heteroatoms. The monoisotopic (exact) mass is 234 g/mol. The number of aliphatic hydroxyl groups excluding tert-OH is 1. The Morgan fingerprint density at radius 3 is 2.40 bits per heavy atom. The zero-order chi connectivity index (χ0) is 10.9. The number of piperidine rings is 1. The highest BCUT2D eigenvalue weighted by Gasteiger charge is 2.37. The molecule has 2 saturated heterocycles. The highest BCUT2D eigenvalue weighted by atomic mass is 32.2. The molecule has 0 aromatic rings. The van der Waals surface area contributed by atoms with E-state index in [0.29, 0.717) is 6.04 Å². The highest BCUT2D eigenvalue weighted by Crippen LogP contribution is 2.15. The third-order valence-corrected chi connectivity index (χ3v) is 4.83. The van der Waals surface area contributed by atoms with Gasteiger partial charge in [-0.3, -0.25) is 0 Å². The molecule has 5 nitrogen and oxygen atoms in total. The summed E-state index contributed by atoms with van der Waals surface area (Å²) < 4.78 is 22.6. The first-order chi connectivity index (χ1) is 7.07. The minimum Gasteiger partial charge on any atom is -0.390 e. The van der Waals surface area contributed by atoms with Crippen molar-refractivity contribution < 1.29 is 13.5 Å². The Balaban J connectivity index is 1.89. The topological polar surface area (TPSA) is 78.4 Å². The third-order valence-electron chi connectivity index (χ3n) is 3.11. The van der Waals surface area contributed by atoms with Gasteiger partial charge in [-0.2, -0.15) is 0 Å². The lowest BCUT2D eigenvalue weighted by Gasteiger charge is -2.27. The molecular formula is C9H18N2O3S. The molecular weight excluding hydrogens is 216 g/mol. The number of hydrogen-bond acceptors (Lipinski definition) is 5. The van der Waals surface area contributed by atoms with Crippen LogP contribution in [0.2, 0.25) is 0 Å². The van der Waals surface area contributed by atoms with Gasteiger partial charge in [0.2, 0.25) is 0 Å². The van der Waals surface area contributed by atoms with E-state index in [9.17, 15) is 13.5 Å². The molecule has 15 heavy (non-hydrogen) atoms. The highest BCUT2D eigenvalue weighted by molar-refractivity contribution is 7.91. The van der Waals surface area contributed by atoms with E-state index >= 15 is 0 Å². The van der Waals surface area contributed by atoms with E-state index in [0.717, 1.165) is 25.9 Å². The van der Waals surface area contributed by atoms with Gasteiger partial charge in [0.25, 0.3) is 0 Å². The second kappa shape index (κ2) is 4.37. The minimum atomic E-state index is -3.02. The van der Waals surface area contributed by atoms with Crippen molar-refractivity contribution in [3.05, 3.63) is 0 Å². The third kappa shape index (κ3) is 2.90. The van der Waals surface area contributed by atoms with E-state index in [1.807, 2.05) is 0 Å². The molecule has 0 aliphatic carbocycles. The van der Waals surface area contributed by atoms with E-state index < -0.39 is 15.9 Å². The van der Waals surface area contributed by atoms with Crippen molar-refractivity contribution in [1.29, 1.82) is 0 Å². The normalized spacial score (nSPS) is 36.9.